The summed E-state index contributed by atoms with van der Waals surface area (Å²) in [6.07, 6.45) is 3.64. The van der Waals surface area contributed by atoms with Crippen molar-refractivity contribution in [2.75, 3.05) is 31.1 Å². The Morgan fingerprint density at radius 2 is 1.81 bits per heavy atom. The van der Waals surface area contributed by atoms with Crippen molar-refractivity contribution in [1.29, 1.82) is 5.26 Å². The number of hydrogen-bond acceptors (Lipinski definition) is 5. The fourth-order valence-electron chi connectivity index (χ4n) is 4.48. The van der Waals surface area contributed by atoms with E-state index in [0.717, 1.165) is 42.5 Å². The normalized spacial score (nSPS) is 16.3. The number of nitrogens with one attached hydrogen (secondary N) is 1. The quantitative estimate of drug-likeness (QED) is 0.752. The predicted molar refractivity (Wildman–Crippen MR) is 123 cm³/mol. The van der Waals surface area contributed by atoms with Crippen molar-refractivity contribution in [2.24, 2.45) is 0 Å². The Bertz CT molecular complexity index is 1050. The fraction of sp³-hybridized carbons (Fsp3) is 0.440. The Kier molecular flexibility index (Phi) is 6.40. The zero-order chi connectivity index (χ0) is 22.7. The van der Waals surface area contributed by atoms with Gasteiger partial charge < -0.3 is 15.1 Å². The SMILES string of the molecule is CC[C@H](C)NC(=O)C(=O)N1CCN(c2nc(-c3ccccc3)c3c(c2C#N)CCC3)CC1. The van der Waals surface area contributed by atoms with E-state index < -0.39 is 11.8 Å². The van der Waals surface area contributed by atoms with E-state index in [4.69, 9.17) is 4.98 Å². The van der Waals surface area contributed by atoms with Crippen molar-refractivity contribution in [2.45, 2.75) is 45.6 Å². The molecular weight excluding hydrogens is 402 g/mol. The highest BCUT2D eigenvalue weighted by atomic mass is 16.2. The van der Waals surface area contributed by atoms with Gasteiger partial charge in [0.2, 0.25) is 0 Å². The molecule has 1 fully saturated rings. The van der Waals surface area contributed by atoms with Crippen molar-refractivity contribution >= 4 is 17.6 Å². The molecule has 0 unspecified atom stereocenters. The Morgan fingerprint density at radius 1 is 1.12 bits per heavy atom. The van der Waals surface area contributed by atoms with Crippen LogP contribution in [0.3, 0.4) is 0 Å². The lowest BCUT2D eigenvalue weighted by Crippen LogP contribution is -2.53. The molecule has 166 valence electrons. The van der Waals surface area contributed by atoms with Crippen LogP contribution >= 0.6 is 0 Å². The first-order chi connectivity index (χ1) is 15.5. The molecule has 0 saturated carbocycles. The number of piperazine rings is 1. The second-order valence-electron chi connectivity index (χ2n) is 8.51. The highest BCUT2D eigenvalue weighted by Gasteiger charge is 2.31. The average molecular weight is 432 g/mol. The first-order valence-electron chi connectivity index (χ1n) is 11.4. The second kappa shape index (κ2) is 9.39. The fourth-order valence-corrected chi connectivity index (χ4v) is 4.48. The van der Waals surface area contributed by atoms with E-state index in [0.29, 0.717) is 37.6 Å². The van der Waals surface area contributed by atoms with Gasteiger partial charge in [0.1, 0.15) is 11.9 Å². The van der Waals surface area contributed by atoms with E-state index >= 15 is 0 Å². The van der Waals surface area contributed by atoms with Gasteiger partial charge in [0, 0.05) is 37.8 Å². The number of amides is 2. The van der Waals surface area contributed by atoms with Gasteiger partial charge in [0.25, 0.3) is 0 Å². The summed E-state index contributed by atoms with van der Waals surface area (Å²) in [5, 5.41) is 12.7. The van der Waals surface area contributed by atoms with E-state index in [9.17, 15) is 14.9 Å². The van der Waals surface area contributed by atoms with E-state index in [1.807, 2.05) is 32.0 Å². The lowest BCUT2D eigenvalue weighted by atomic mass is 9.98. The van der Waals surface area contributed by atoms with Crippen LogP contribution in [0.2, 0.25) is 0 Å². The Labute approximate surface area is 189 Å². The molecule has 0 spiro atoms. The number of nitriles is 1. The number of benzene rings is 1. The van der Waals surface area contributed by atoms with Gasteiger partial charge in [-0.25, -0.2) is 4.98 Å². The molecule has 1 atom stereocenters. The van der Waals surface area contributed by atoms with Crippen LogP contribution in [-0.4, -0.2) is 53.9 Å². The number of anilines is 1. The zero-order valence-electron chi connectivity index (χ0n) is 18.7. The standard InChI is InChI=1S/C25H29N5O2/c1-3-17(2)27-24(31)25(32)30-14-12-29(13-15-30)23-21(16-26)19-10-7-11-20(19)22(28-23)18-8-5-4-6-9-18/h4-6,8-9,17H,3,7,10-15H2,1-2H3,(H,27,31)/t17-/m0/s1. The Morgan fingerprint density at radius 3 is 2.47 bits per heavy atom. The van der Waals surface area contributed by atoms with Crippen molar-refractivity contribution in [3.05, 3.63) is 47.0 Å². The number of carbonyl (C=O) groups excluding carboxylic acids is 2. The van der Waals surface area contributed by atoms with Crippen molar-refractivity contribution in [3.63, 3.8) is 0 Å². The molecule has 1 aliphatic heterocycles. The summed E-state index contributed by atoms with van der Waals surface area (Å²) < 4.78 is 0. The number of nitrogens with zero attached hydrogens (tertiary/aromatic N) is 4. The van der Waals surface area contributed by atoms with Gasteiger partial charge in [-0.2, -0.15) is 5.26 Å². The molecule has 2 aliphatic rings. The lowest BCUT2D eigenvalue weighted by Gasteiger charge is -2.36. The third kappa shape index (κ3) is 4.18. The Hall–Kier alpha value is -3.40. The number of fused-ring (bicyclic) bond motifs is 1. The van der Waals surface area contributed by atoms with E-state index in [1.54, 1.807) is 4.90 Å². The number of aromatic nitrogens is 1. The summed E-state index contributed by atoms with van der Waals surface area (Å²) in [6, 6.07) is 12.5. The maximum Gasteiger partial charge on any atom is 0.312 e. The average Bonchev–Trinajstić information content (AvgIpc) is 3.33. The van der Waals surface area contributed by atoms with Crippen LogP contribution in [0, 0.1) is 11.3 Å². The molecule has 2 aromatic rings. The topological polar surface area (TPSA) is 89.3 Å². The monoisotopic (exact) mass is 431 g/mol. The molecule has 2 amide bonds. The van der Waals surface area contributed by atoms with Crippen LogP contribution in [0.5, 0.6) is 0 Å². The molecule has 7 heteroatoms. The van der Waals surface area contributed by atoms with Crippen LogP contribution in [0.4, 0.5) is 5.82 Å². The summed E-state index contributed by atoms with van der Waals surface area (Å²) in [6.45, 7) is 5.78. The third-order valence-corrected chi connectivity index (χ3v) is 6.46. The minimum atomic E-state index is -0.549. The van der Waals surface area contributed by atoms with Crippen LogP contribution in [0.1, 0.15) is 43.4 Å². The molecular formula is C25H29N5O2. The lowest BCUT2D eigenvalue weighted by molar-refractivity contribution is -0.146. The molecule has 1 aliphatic carbocycles. The molecule has 1 aromatic carbocycles. The molecule has 7 nitrogen and oxygen atoms in total. The Balaban J connectivity index is 1.57. The van der Waals surface area contributed by atoms with Crippen molar-refractivity contribution in [1.82, 2.24) is 15.2 Å². The smallest absolute Gasteiger partial charge is 0.312 e. The molecule has 1 saturated heterocycles. The molecule has 2 heterocycles. The highest BCUT2D eigenvalue weighted by Crippen LogP contribution is 2.37. The van der Waals surface area contributed by atoms with Crippen molar-refractivity contribution < 1.29 is 9.59 Å². The maximum absolute atomic E-state index is 12.5. The number of carbonyl (C=O) groups is 2. The number of rotatable bonds is 4. The summed E-state index contributed by atoms with van der Waals surface area (Å²) in [5.74, 6) is -0.340. The van der Waals surface area contributed by atoms with Gasteiger partial charge in [-0.3, -0.25) is 9.59 Å². The zero-order valence-corrected chi connectivity index (χ0v) is 18.7. The number of pyridine rings is 1. The van der Waals surface area contributed by atoms with Gasteiger partial charge in [-0.15, -0.1) is 0 Å². The molecule has 0 bridgehead atoms. The molecule has 4 rings (SSSR count). The predicted octanol–water partition coefficient (Wildman–Crippen LogP) is 2.67. The molecule has 0 radical (unpaired) electrons. The summed E-state index contributed by atoms with van der Waals surface area (Å²) in [5.41, 5.74) is 4.98. The van der Waals surface area contributed by atoms with Crippen LogP contribution in [0.25, 0.3) is 11.3 Å². The maximum atomic E-state index is 12.5. The minimum Gasteiger partial charge on any atom is -0.352 e. The van der Waals surface area contributed by atoms with Crippen LogP contribution in [0.15, 0.2) is 30.3 Å². The summed E-state index contributed by atoms with van der Waals surface area (Å²) in [4.78, 5) is 33.4. The number of hydrogen-bond donors (Lipinski definition) is 1. The van der Waals surface area contributed by atoms with E-state index in [-0.39, 0.29) is 6.04 Å². The largest absolute Gasteiger partial charge is 0.352 e. The molecule has 32 heavy (non-hydrogen) atoms. The van der Waals surface area contributed by atoms with Gasteiger partial charge in [-0.1, -0.05) is 37.3 Å². The van der Waals surface area contributed by atoms with E-state index in [2.05, 4.69) is 28.4 Å². The van der Waals surface area contributed by atoms with Crippen LogP contribution in [-0.2, 0) is 22.4 Å². The second-order valence-corrected chi connectivity index (χ2v) is 8.51. The van der Waals surface area contributed by atoms with Gasteiger partial charge in [0.15, 0.2) is 0 Å². The van der Waals surface area contributed by atoms with Crippen LogP contribution < -0.4 is 10.2 Å². The van der Waals surface area contributed by atoms with Gasteiger partial charge in [0.05, 0.1) is 11.3 Å². The van der Waals surface area contributed by atoms with Gasteiger partial charge >= 0.3 is 11.8 Å². The molecule has 1 aromatic heterocycles. The third-order valence-electron chi connectivity index (χ3n) is 6.46. The highest BCUT2D eigenvalue weighted by molar-refractivity contribution is 6.35. The molecule has 1 N–H and O–H groups in total. The summed E-state index contributed by atoms with van der Waals surface area (Å²) >= 11 is 0. The first kappa shape index (κ1) is 21.8. The first-order valence-corrected chi connectivity index (χ1v) is 11.4. The summed E-state index contributed by atoms with van der Waals surface area (Å²) in [7, 11) is 0. The van der Waals surface area contributed by atoms with E-state index in [1.165, 1.54) is 5.56 Å². The van der Waals surface area contributed by atoms with Crippen molar-refractivity contribution in [3.8, 4) is 17.3 Å². The van der Waals surface area contributed by atoms with Gasteiger partial charge in [-0.05, 0) is 43.7 Å². The minimum absolute atomic E-state index is 0.0297.